The van der Waals surface area contributed by atoms with E-state index in [9.17, 15) is 19.8 Å². The van der Waals surface area contributed by atoms with E-state index in [1.807, 2.05) is 0 Å². The van der Waals surface area contributed by atoms with Crippen LogP contribution in [0, 0.1) is 0 Å². The minimum atomic E-state index is -1.27. The largest absolute Gasteiger partial charge is 2.00 e. The summed E-state index contributed by atoms with van der Waals surface area (Å²) in [6, 6.07) is 7.62. The summed E-state index contributed by atoms with van der Waals surface area (Å²) in [6.07, 6.45) is 0. The normalized spacial score (nSPS) is 9.19. The number of carbonyl (C=O) groups excluding carboxylic acids is 2. The van der Waals surface area contributed by atoms with Gasteiger partial charge in [0.2, 0.25) is 0 Å². The van der Waals surface area contributed by atoms with Crippen molar-refractivity contribution in [3.63, 3.8) is 0 Å². The first kappa shape index (κ1) is 23.7. The van der Waals surface area contributed by atoms with Gasteiger partial charge in [-0.05, 0) is 24.3 Å². The van der Waals surface area contributed by atoms with Crippen LogP contribution in [-0.4, -0.2) is 45.5 Å². The predicted octanol–water partition coefficient (Wildman–Crippen LogP) is -1.48. The summed E-state index contributed by atoms with van der Waals surface area (Å²) >= 11 is 0. The molecular formula is C16H16CuN2O8. The summed E-state index contributed by atoms with van der Waals surface area (Å²) in [4.78, 5) is 20.1. The third-order valence-corrected chi connectivity index (χ3v) is 2.81. The first-order valence-corrected chi connectivity index (χ1v) is 7.10. The van der Waals surface area contributed by atoms with Crippen LogP contribution in [0.2, 0.25) is 0 Å². The quantitative estimate of drug-likeness (QED) is 0.180. The van der Waals surface area contributed by atoms with E-state index in [2.05, 4.69) is 10.6 Å². The zero-order chi connectivity index (χ0) is 19.7. The van der Waals surface area contributed by atoms with Crippen LogP contribution in [0.15, 0.2) is 36.4 Å². The van der Waals surface area contributed by atoms with E-state index in [1.165, 1.54) is 24.3 Å². The fourth-order valence-corrected chi connectivity index (χ4v) is 1.67. The molecule has 0 aliphatic heterocycles. The van der Waals surface area contributed by atoms with Crippen LogP contribution in [0.1, 0.15) is 0 Å². The number of hydrogen-bond donors (Lipinski definition) is 6. The minimum Gasteiger partial charge on any atom is -0.548 e. The van der Waals surface area contributed by atoms with Crippen LogP contribution in [-0.2, 0) is 26.7 Å². The van der Waals surface area contributed by atoms with Gasteiger partial charge in [0, 0.05) is 12.1 Å². The van der Waals surface area contributed by atoms with Crippen molar-refractivity contribution in [3.8, 4) is 23.0 Å². The van der Waals surface area contributed by atoms with Crippen molar-refractivity contribution in [2.75, 3.05) is 23.7 Å². The summed E-state index contributed by atoms with van der Waals surface area (Å²) in [5, 5.41) is 61.1. The number of phenols is 4. The molecule has 11 heteroatoms. The minimum absolute atomic E-state index is 0. The average Bonchev–Trinajstić information content (AvgIpc) is 2.53. The third kappa shape index (κ3) is 9.10. The molecule has 2 aromatic rings. The monoisotopic (exact) mass is 427 g/mol. The summed E-state index contributed by atoms with van der Waals surface area (Å²) in [5.41, 5.74) is 0.476. The number of rotatable bonds is 6. The smallest absolute Gasteiger partial charge is 0.548 e. The molecule has 2 aromatic carbocycles. The van der Waals surface area contributed by atoms with Gasteiger partial charge >= 0.3 is 17.1 Å². The van der Waals surface area contributed by atoms with Gasteiger partial charge in [-0.15, -0.1) is 0 Å². The first-order chi connectivity index (χ1) is 12.2. The predicted molar refractivity (Wildman–Crippen MR) is 86.5 cm³/mol. The number of carboxylic acids is 2. The molecule has 0 fully saturated rings. The fourth-order valence-electron chi connectivity index (χ4n) is 1.67. The number of aliphatic carboxylic acids is 2. The van der Waals surface area contributed by atoms with Crippen LogP contribution in [0.4, 0.5) is 11.4 Å². The van der Waals surface area contributed by atoms with Crippen LogP contribution >= 0.6 is 0 Å². The number of anilines is 2. The Balaban J connectivity index is 0.000000483. The topological polar surface area (TPSA) is 185 Å². The maximum atomic E-state index is 10.0. The Kier molecular flexibility index (Phi) is 9.95. The Labute approximate surface area is 164 Å². The number of nitrogens with one attached hydrogen (secondary N) is 2. The fraction of sp³-hybridized carbons (Fsp3) is 0.125. The molecule has 149 valence electrons. The Morgan fingerprint density at radius 1 is 0.741 bits per heavy atom. The molecule has 0 aliphatic carbocycles. The zero-order valence-corrected chi connectivity index (χ0v) is 14.5. The molecule has 10 nitrogen and oxygen atoms in total. The zero-order valence-electron chi connectivity index (χ0n) is 13.6. The number of carbonyl (C=O) groups is 2. The standard InChI is InChI=1S/2C8H9NO4.Cu/c2*10-5-1-2-6(7(11)3-5)9-4-8(12)13;/h2*1-3,9-11H,4H2,(H,12,13);/q;;+2/p-2. The van der Waals surface area contributed by atoms with Gasteiger partial charge < -0.3 is 50.9 Å². The number of carboxylic acid groups (broad SMARTS) is 2. The van der Waals surface area contributed by atoms with Gasteiger partial charge in [0.25, 0.3) is 0 Å². The Bertz CT molecular complexity index is 720. The second kappa shape index (κ2) is 11.3. The molecule has 27 heavy (non-hydrogen) atoms. The SMILES string of the molecule is O=C([O-])CNc1ccc(O)cc1O.O=C([O-])CNc1ccc(O)cc1O.[Cu+2]. The van der Waals surface area contributed by atoms with Gasteiger partial charge in [-0.25, -0.2) is 0 Å². The van der Waals surface area contributed by atoms with E-state index < -0.39 is 25.0 Å². The molecule has 0 spiro atoms. The Morgan fingerprint density at radius 2 is 1.07 bits per heavy atom. The van der Waals surface area contributed by atoms with Gasteiger partial charge in [-0.2, -0.15) is 0 Å². The van der Waals surface area contributed by atoms with Crippen LogP contribution in [0.5, 0.6) is 23.0 Å². The van der Waals surface area contributed by atoms with Crippen molar-refractivity contribution in [1.82, 2.24) is 0 Å². The van der Waals surface area contributed by atoms with Crippen LogP contribution in [0.3, 0.4) is 0 Å². The summed E-state index contributed by atoms with van der Waals surface area (Å²) < 4.78 is 0. The van der Waals surface area contributed by atoms with E-state index in [-0.39, 0.29) is 51.4 Å². The molecule has 1 radical (unpaired) electrons. The summed E-state index contributed by atoms with van der Waals surface area (Å²) in [5.74, 6) is -3.13. The van der Waals surface area contributed by atoms with Crippen LogP contribution < -0.4 is 20.8 Å². The van der Waals surface area contributed by atoms with Gasteiger partial charge in [0.15, 0.2) is 0 Å². The second-order valence-corrected chi connectivity index (χ2v) is 4.85. The Hall–Kier alpha value is -3.30. The van der Waals surface area contributed by atoms with Crippen molar-refractivity contribution < 1.29 is 57.3 Å². The van der Waals surface area contributed by atoms with E-state index in [1.54, 1.807) is 0 Å². The molecule has 0 aliphatic rings. The van der Waals surface area contributed by atoms with Crippen molar-refractivity contribution in [2.24, 2.45) is 0 Å². The number of phenolic OH excluding ortho intramolecular Hbond substituents is 4. The molecule has 0 amide bonds. The third-order valence-electron chi connectivity index (χ3n) is 2.81. The van der Waals surface area contributed by atoms with Gasteiger partial charge in [0.1, 0.15) is 23.0 Å². The van der Waals surface area contributed by atoms with Crippen molar-refractivity contribution >= 4 is 23.3 Å². The molecule has 2 rings (SSSR count). The molecule has 0 bridgehead atoms. The maximum Gasteiger partial charge on any atom is 2.00 e. The second-order valence-electron chi connectivity index (χ2n) is 4.85. The van der Waals surface area contributed by atoms with Crippen molar-refractivity contribution in [1.29, 1.82) is 0 Å². The van der Waals surface area contributed by atoms with E-state index >= 15 is 0 Å². The van der Waals surface area contributed by atoms with E-state index in [0.717, 1.165) is 12.1 Å². The van der Waals surface area contributed by atoms with Gasteiger partial charge in [-0.3, -0.25) is 0 Å². The molecule has 6 N–H and O–H groups in total. The summed E-state index contributed by atoms with van der Waals surface area (Å²) in [7, 11) is 0. The molecule has 0 heterocycles. The number of hydrogen-bond acceptors (Lipinski definition) is 10. The molecule has 0 aromatic heterocycles. The first-order valence-electron chi connectivity index (χ1n) is 7.10. The van der Waals surface area contributed by atoms with Crippen molar-refractivity contribution in [3.05, 3.63) is 36.4 Å². The molecule has 0 unspecified atom stereocenters. The van der Waals surface area contributed by atoms with Gasteiger partial charge in [0.05, 0.1) is 36.4 Å². The number of aromatic hydroxyl groups is 4. The van der Waals surface area contributed by atoms with Crippen molar-refractivity contribution in [2.45, 2.75) is 0 Å². The van der Waals surface area contributed by atoms with Crippen LogP contribution in [0.25, 0.3) is 0 Å². The molecule has 0 atom stereocenters. The number of benzene rings is 2. The average molecular weight is 428 g/mol. The Morgan fingerprint density at radius 3 is 1.33 bits per heavy atom. The van der Waals surface area contributed by atoms with Gasteiger partial charge in [-0.1, -0.05) is 0 Å². The summed E-state index contributed by atoms with van der Waals surface area (Å²) in [6.45, 7) is -0.781. The molecule has 0 saturated heterocycles. The maximum absolute atomic E-state index is 10.0. The van der Waals surface area contributed by atoms with E-state index in [0.29, 0.717) is 0 Å². The molecular weight excluding hydrogens is 412 g/mol. The molecule has 0 saturated carbocycles. The van der Waals surface area contributed by atoms with E-state index in [4.69, 9.17) is 20.4 Å².